The molecule has 3 N–H and O–H groups in total. The summed E-state index contributed by atoms with van der Waals surface area (Å²) in [5.74, 6) is -0.304. The fourth-order valence-electron chi connectivity index (χ4n) is 4.83. The van der Waals surface area contributed by atoms with Crippen LogP contribution in [-0.4, -0.2) is 48.1 Å². The smallest absolute Gasteiger partial charge is 0.240 e. The Labute approximate surface area is 185 Å². The molecule has 2 heterocycles. The van der Waals surface area contributed by atoms with Gasteiger partial charge in [0, 0.05) is 11.8 Å². The van der Waals surface area contributed by atoms with E-state index in [0.717, 1.165) is 30.9 Å². The van der Waals surface area contributed by atoms with Crippen LogP contribution in [0.2, 0.25) is 0 Å². The van der Waals surface area contributed by atoms with Gasteiger partial charge in [0.1, 0.15) is 11.6 Å². The topological polar surface area (TPSA) is 125 Å². The number of halogens is 1. The molecule has 170 valence electrons. The number of carbonyl (C=O) groups is 1. The first-order valence-corrected chi connectivity index (χ1v) is 12.0. The molecule has 1 amide bonds. The largest absolute Gasteiger partial charge is 0.388 e. The lowest BCUT2D eigenvalue weighted by molar-refractivity contribution is -0.121. The van der Waals surface area contributed by atoms with Crippen molar-refractivity contribution in [3.8, 4) is 0 Å². The number of sulfonamides is 1. The lowest BCUT2D eigenvalue weighted by Crippen LogP contribution is -2.50. The summed E-state index contributed by atoms with van der Waals surface area (Å²) in [5, 5.41) is 13.6. The zero-order chi connectivity index (χ0) is 22.9. The lowest BCUT2D eigenvalue weighted by Gasteiger charge is -2.33. The third-order valence-corrected chi connectivity index (χ3v) is 8.26. The third kappa shape index (κ3) is 3.10. The van der Waals surface area contributed by atoms with Gasteiger partial charge in [-0.3, -0.25) is 9.69 Å². The van der Waals surface area contributed by atoms with Crippen molar-refractivity contribution >= 4 is 33.4 Å². The van der Waals surface area contributed by atoms with Crippen LogP contribution in [-0.2, 0) is 20.2 Å². The second kappa shape index (κ2) is 6.93. The SMILES string of the molecule is CNS(=O)(=O)c1ccc(Nc2ncc3c(n2)N(C2CCCC2(C)O)C(=O)C32CC2)c(F)c1. The van der Waals surface area contributed by atoms with E-state index < -0.39 is 26.9 Å². The van der Waals surface area contributed by atoms with Crippen LogP contribution < -0.4 is 14.9 Å². The molecule has 0 bridgehead atoms. The van der Waals surface area contributed by atoms with Crippen molar-refractivity contribution < 1.29 is 22.7 Å². The maximum atomic E-state index is 14.6. The third-order valence-electron chi connectivity index (χ3n) is 6.85. The summed E-state index contributed by atoms with van der Waals surface area (Å²) in [6.45, 7) is 1.74. The molecule has 2 unspecified atom stereocenters. The lowest BCUT2D eigenvalue weighted by atomic mass is 9.98. The molecule has 1 aromatic carbocycles. The monoisotopic (exact) mass is 461 g/mol. The minimum absolute atomic E-state index is 0.00451. The Kier molecular flexibility index (Phi) is 4.60. The Morgan fingerprint density at radius 2 is 2.03 bits per heavy atom. The number of aromatic nitrogens is 2. The minimum Gasteiger partial charge on any atom is -0.388 e. The van der Waals surface area contributed by atoms with Crippen LogP contribution in [0.1, 0.15) is 44.6 Å². The highest BCUT2D eigenvalue weighted by Crippen LogP contribution is 2.58. The number of nitrogens with one attached hydrogen (secondary N) is 2. The van der Waals surface area contributed by atoms with Gasteiger partial charge in [0.05, 0.1) is 27.6 Å². The van der Waals surface area contributed by atoms with Gasteiger partial charge in [0.2, 0.25) is 21.9 Å². The van der Waals surface area contributed by atoms with E-state index in [1.807, 2.05) is 0 Å². The molecule has 1 spiro atoms. The first kappa shape index (κ1) is 21.2. The van der Waals surface area contributed by atoms with Gasteiger partial charge in [-0.15, -0.1) is 0 Å². The molecule has 0 saturated heterocycles. The van der Waals surface area contributed by atoms with Crippen LogP contribution in [0.4, 0.5) is 21.8 Å². The summed E-state index contributed by atoms with van der Waals surface area (Å²) in [6, 6.07) is 3.10. The van der Waals surface area contributed by atoms with Crippen molar-refractivity contribution in [2.45, 2.75) is 61.0 Å². The predicted molar refractivity (Wildman–Crippen MR) is 115 cm³/mol. The van der Waals surface area contributed by atoms with Crippen molar-refractivity contribution in [2.24, 2.45) is 0 Å². The molecule has 5 rings (SSSR count). The Balaban J connectivity index is 1.50. The summed E-state index contributed by atoms with van der Waals surface area (Å²) in [4.78, 5) is 23.5. The number of amides is 1. The van der Waals surface area contributed by atoms with E-state index in [9.17, 15) is 22.7 Å². The van der Waals surface area contributed by atoms with Crippen LogP contribution in [0.25, 0.3) is 0 Å². The number of anilines is 3. The van der Waals surface area contributed by atoms with E-state index in [2.05, 4.69) is 20.0 Å². The Hall–Kier alpha value is -2.63. The number of benzene rings is 1. The van der Waals surface area contributed by atoms with E-state index in [4.69, 9.17) is 0 Å². The summed E-state index contributed by atoms with van der Waals surface area (Å²) in [6.07, 6.45) is 5.13. The Morgan fingerprint density at radius 3 is 2.62 bits per heavy atom. The molecule has 9 nitrogen and oxygen atoms in total. The fourth-order valence-corrected chi connectivity index (χ4v) is 5.58. The second-order valence-corrected chi connectivity index (χ2v) is 10.8. The van der Waals surface area contributed by atoms with Crippen LogP contribution in [0, 0.1) is 5.82 Å². The highest BCUT2D eigenvalue weighted by Gasteiger charge is 2.63. The van der Waals surface area contributed by atoms with Gasteiger partial charge in [0.25, 0.3) is 0 Å². The molecule has 2 aromatic rings. The van der Waals surface area contributed by atoms with E-state index in [-0.39, 0.29) is 28.5 Å². The van der Waals surface area contributed by atoms with Gasteiger partial charge in [-0.1, -0.05) is 0 Å². The highest BCUT2D eigenvalue weighted by atomic mass is 32.2. The number of nitrogens with zero attached hydrogens (tertiary/aromatic N) is 3. The van der Waals surface area contributed by atoms with Gasteiger partial charge < -0.3 is 10.4 Å². The van der Waals surface area contributed by atoms with Crippen molar-refractivity contribution in [3.63, 3.8) is 0 Å². The van der Waals surface area contributed by atoms with Crippen molar-refractivity contribution in [3.05, 3.63) is 35.8 Å². The normalized spacial score (nSPS) is 25.9. The molecular formula is C21H24FN5O4S. The Morgan fingerprint density at radius 1 is 1.28 bits per heavy atom. The molecule has 2 fully saturated rings. The van der Waals surface area contributed by atoms with Gasteiger partial charge in [-0.05, 0) is 64.3 Å². The number of rotatable bonds is 5. The van der Waals surface area contributed by atoms with Crippen molar-refractivity contribution in [2.75, 3.05) is 17.3 Å². The van der Waals surface area contributed by atoms with Crippen LogP contribution in [0.15, 0.2) is 29.3 Å². The minimum atomic E-state index is -3.78. The average molecular weight is 462 g/mol. The number of carbonyl (C=O) groups excluding carboxylic acids is 1. The van der Waals surface area contributed by atoms with E-state index in [1.165, 1.54) is 19.2 Å². The van der Waals surface area contributed by atoms with E-state index >= 15 is 0 Å². The average Bonchev–Trinajstić information content (AvgIpc) is 3.43. The van der Waals surface area contributed by atoms with Crippen LogP contribution in [0.5, 0.6) is 0 Å². The number of hydrogen-bond acceptors (Lipinski definition) is 7. The molecular weight excluding hydrogens is 437 g/mol. The van der Waals surface area contributed by atoms with Gasteiger partial charge in [-0.25, -0.2) is 22.5 Å². The maximum absolute atomic E-state index is 14.6. The first-order valence-electron chi connectivity index (χ1n) is 10.5. The van der Waals surface area contributed by atoms with Crippen molar-refractivity contribution in [1.82, 2.24) is 14.7 Å². The highest BCUT2D eigenvalue weighted by molar-refractivity contribution is 7.89. The summed E-state index contributed by atoms with van der Waals surface area (Å²) in [5.41, 5.74) is -0.871. The molecule has 32 heavy (non-hydrogen) atoms. The predicted octanol–water partition coefficient (Wildman–Crippen LogP) is 1.95. The molecule has 3 aliphatic rings. The summed E-state index contributed by atoms with van der Waals surface area (Å²) >= 11 is 0. The molecule has 0 radical (unpaired) electrons. The fraction of sp³-hybridized carbons (Fsp3) is 0.476. The second-order valence-electron chi connectivity index (χ2n) is 8.93. The van der Waals surface area contributed by atoms with Crippen molar-refractivity contribution in [1.29, 1.82) is 0 Å². The van der Waals surface area contributed by atoms with Gasteiger partial charge in [0.15, 0.2) is 0 Å². The number of hydrogen-bond donors (Lipinski definition) is 3. The number of aliphatic hydroxyl groups is 1. The molecule has 1 aliphatic heterocycles. The molecule has 2 atom stereocenters. The van der Waals surface area contributed by atoms with Gasteiger partial charge >= 0.3 is 0 Å². The zero-order valence-corrected chi connectivity index (χ0v) is 18.5. The van der Waals surface area contributed by atoms with E-state index in [1.54, 1.807) is 18.0 Å². The summed E-state index contributed by atoms with van der Waals surface area (Å²) in [7, 11) is -2.53. The molecule has 11 heteroatoms. The van der Waals surface area contributed by atoms with Crippen LogP contribution >= 0.6 is 0 Å². The summed E-state index contributed by atoms with van der Waals surface area (Å²) < 4.78 is 40.5. The number of fused-ring (bicyclic) bond motifs is 2. The van der Waals surface area contributed by atoms with Crippen LogP contribution in [0.3, 0.4) is 0 Å². The molecule has 2 aliphatic carbocycles. The molecule has 2 saturated carbocycles. The zero-order valence-electron chi connectivity index (χ0n) is 17.7. The van der Waals surface area contributed by atoms with E-state index in [0.29, 0.717) is 18.7 Å². The first-order chi connectivity index (χ1) is 15.1. The Bertz CT molecular complexity index is 1230. The quantitative estimate of drug-likeness (QED) is 0.622. The molecule has 1 aromatic heterocycles. The maximum Gasteiger partial charge on any atom is 0.240 e. The standard InChI is InChI=1S/C21H24FN5O4S/c1-20(29)7-3-4-16(20)27-17-13(21(8-9-21)18(27)28)11-24-19(26-17)25-15-6-5-12(10-14(15)22)32(30,31)23-2/h5-6,10-11,16,23,29H,3-4,7-9H2,1-2H3,(H,24,25,26). The van der Waals surface area contributed by atoms with Gasteiger partial charge in [-0.2, -0.15) is 4.98 Å².